The molecule has 0 aliphatic rings. The standard InChI is InChI=1S/C10H18O5/c1-15-9(12)7-5-3-2-4-6-8(11)10(13)14/h8,11H,2-7H2,1H3,(H,13,14)/t8-/m1/s1. The van der Waals surface area contributed by atoms with Crippen molar-refractivity contribution in [3.05, 3.63) is 0 Å². The highest BCUT2D eigenvalue weighted by molar-refractivity contribution is 5.71. The van der Waals surface area contributed by atoms with Crippen molar-refractivity contribution in [2.45, 2.75) is 44.6 Å². The monoisotopic (exact) mass is 218 g/mol. The quantitative estimate of drug-likeness (QED) is 0.468. The summed E-state index contributed by atoms with van der Waals surface area (Å²) in [5.41, 5.74) is 0. The Kier molecular flexibility index (Phi) is 7.62. The van der Waals surface area contributed by atoms with Crippen molar-refractivity contribution in [1.82, 2.24) is 0 Å². The molecule has 0 rings (SSSR count). The first-order valence-corrected chi connectivity index (χ1v) is 5.05. The summed E-state index contributed by atoms with van der Waals surface area (Å²) in [5.74, 6) is -1.40. The zero-order valence-corrected chi connectivity index (χ0v) is 8.94. The molecule has 1 atom stereocenters. The molecule has 0 amide bonds. The largest absolute Gasteiger partial charge is 0.479 e. The zero-order chi connectivity index (χ0) is 11.7. The third kappa shape index (κ3) is 7.93. The van der Waals surface area contributed by atoms with Gasteiger partial charge in [-0.3, -0.25) is 4.79 Å². The van der Waals surface area contributed by atoms with Crippen molar-refractivity contribution < 1.29 is 24.5 Å². The van der Waals surface area contributed by atoms with E-state index < -0.39 is 12.1 Å². The molecule has 0 spiro atoms. The minimum atomic E-state index is -1.26. The van der Waals surface area contributed by atoms with E-state index in [1.807, 2.05) is 0 Å². The summed E-state index contributed by atoms with van der Waals surface area (Å²) in [6.45, 7) is 0. The van der Waals surface area contributed by atoms with Crippen LogP contribution in [0.4, 0.5) is 0 Å². The summed E-state index contributed by atoms with van der Waals surface area (Å²) in [7, 11) is 1.35. The normalized spacial score (nSPS) is 12.1. The molecule has 0 saturated carbocycles. The third-order valence-electron chi connectivity index (χ3n) is 2.12. The van der Waals surface area contributed by atoms with Crippen molar-refractivity contribution in [2.24, 2.45) is 0 Å². The van der Waals surface area contributed by atoms with Gasteiger partial charge in [0.05, 0.1) is 7.11 Å². The summed E-state index contributed by atoms with van der Waals surface area (Å²) in [6, 6.07) is 0. The Labute approximate surface area is 89.0 Å². The highest BCUT2D eigenvalue weighted by Gasteiger charge is 2.11. The summed E-state index contributed by atoms with van der Waals surface area (Å²) < 4.78 is 4.47. The van der Waals surface area contributed by atoms with Crippen LogP contribution in [-0.2, 0) is 14.3 Å². The van der Waals surface area contributed by atoms with Crippen molar-refractivity contribution in [1.29, 1.82) is 0 Å². The van der Waals surface area contributed by atoms with Crippen LogP contribution in [0.3, 0.4) is 0 Å². The number of hydrogen-bond acceptors (Lipinski definition) is 4. The number of esters is 1. The molecule has 0 aromatic heterocycles. The molecule has 0 aliphatic carbocycles. The number of aliphatic hydroxyl groups excluding tert-OH is 1. The number of ether oxygens (including phenoxy) is 1. The van der Waals surface area contributed by atoms with Crippen LogP contribution < -0.4 is 0 Å². The van der Waals surface area contributed by atoms with Crippen molar-refractivity contribution in [3.63, 3.8) is 0 Å². The lowest BCUT2D eigenvalue weighted by Crippen LogP contribution is -2.18. The van der Waals surface area contributed by atoms with Crippen LogP contribution in [0.5, 0.6) is 0 Å². The van der Waals surface area contributed by atoms with E-state index in [1.54, 1.807) is 0 Å². The number of carboxylic acid groups (broad SMARTS) is 1. The van der Waals surface area contributed by atoms with Gasteiger partial charge in [0.25, 0.3) is 0 Å². The van der Waals surface area contributed by atoms with Crippen molar-refractivity contribution in [3.8, 4) is 0 Å². The van der Waals surface area contributed by atoms with E-state index in [0.29, 0.717) is 12.8 Å². The van der Waals surface area contributed by atoms with E-state index in [-0.39, 0.29) is 12.4 Å². The average molecular weight is 218 g/mol. The number of hydrogen-bond donors (Lipinski definition) is 2. The third-order valence-corrected chi connectivity index (χ3v) is 2.12. The van der Waals surface area contributed by atoms with Crippen LogP contribution in [0.1, 0.15) is 38.5 Å². The van der Waals surface area contributed by atoms with Gasteiger partial charge in [0, 0.05) is 6.42 Å². The fourth-order valence-electron chi connectivity index (χ4n) is 1.19. The Morgan fingerprint density at radius 1 is 1.20 bits per heavy atom. The molecule has 0 radical (unpaired) electrons. The number of rotatable bonds is 8. The predicted octanol–water partition coefficient (Wildman–Crippen LogP) is 0.946. The van der Waals surface area contributed by atoms with Gasteiger partial charge in [0.1, 0.15) is 0 Å². The molecule has 0 heterocycles. The smallest absolute Gasteiger partial charge is 0.332 e. The van der Waals surface area contributed by atoms with E-state index in [4.69, 9.17) is 10.2 Å². The summed E-state index contributed by atoms with van der Waals surface area (Å²) in [4.78, 5) is 20.9. The van der Waals surface area contributed by atoms with Crippen LogP contribution >= 0.6 is 0 Å². The Morgan fingerprint density at radius 3 is 2.33 bits per heavy atom. The maximum Gasteiger partial charge on any atom is 0.332 e. The van der Waals surface area contributed by atoms with E-state index in [1.165, 1.54) is 7.11 Å². The van der Waals surface area contributed by atoms with Gasteiger partial charge in [-0.2, -0.15) is 0 Å². The van der Waals surface area contributed by atoms with Crippen LogP contribution in [0, 0.1) is 0 Å². The van der Waals surface area contributed by atoms with E-state index in [0.717, 1.165) is 19.3 Å². The van der Waals surface area contributed by atoms with E-state index in [2.05, 4.69) is 4.74 Å². The average Bonchev–Trinajstić information content (AvgIpc) is 2.22. The number of methoxy groups -OCH3 is 1. The summed E-state index contributed by atoms with van der Waals surface area (Å²) >= 11 is 0. The molecule has 5 nitrogen and oxygen atoms in total. The Morgan fingerprint density at radius 2 is 1.80 bits per heavy atom. The maximum atomic E-state index is 10.7. The van der Waals surface area contributed by atoms with E-state index >= 15 is 0 Å². The van der Waals surface area contributed by atoms with Gasteiger partial charge >= 0.3 is 11.9 Å². The second-order valence-corrected chi connectivity index (χ2v) is 3.38. The maximum absolute atomic E-state index is 10.7. The predicted molar refractivity (Wildman–Crippen MR) is 53.4 cm³/mol. The lowest BCUT2D eigenvalue weighted by atomic mass is 10.1. The van der Waals surface area contributed by atoms with E-state index in [9.17, 15) is 9.59 Å². The van der Waals surface area contributed by atoms with Gasteiger partial charge in [0.15, 0.2) is 6.10 Å². The van der Waals surface area contributed by atoms with Gasteiger partial charge in [-0.1, -0.05) is 19.3 Å². The van der Waals surface area contributed by atoms with Crippen molar-refractivity contribution in [2.75, 3.05) is 7.11 Å². The molecular formula is C10H18O5. The fourth-order valence-corrected chi connectivity index (χ4v) is 1.19. The van der Waals surface area contributed by atoms with Gasteiger partial charge in [-0.15, -0.1) is 0 Å². The highest BCUT2D eigenvalue weighted by atomic mass is 16.5. The fraction of sp³-hybridized carbons (Fsp3) is 0.800. The first-order valence-electron chi connectivity index (χ1n) is 5.05. The molecule has 0 fully saturated rings. The van der Waals surface area contributed by atoms with Crippen LogP contribution in [0.2, 0.25) is 0 Å². The van der Waals surface area contributed by atoms with Crippen LogP contribution in [0.25, 0.3) is 0 Å². The highest BCUT2D eigenvalue weighted by Crippen LogP contribution is 2.08. The Hall–Kier alpha value is -1.10. The summed E-state index contributed by atoms with van der Waals surface area (Å²) in [6.07, 6.45) is 2.49. The number of carbonyl (C=O) groups is 2. The number of unbranched alkanes of at least 4 members (excludes halogenated alkanes) is 3. The molecule has 0 unspecified atom stereocenters. The topological polar surface area (TPSA) is 83.8 Å². The molecule has 0 aromatic carbocycles. The van der Waals surface area contributed by atoms with Crippen LogP contribution in [-0.4, -0.2) is 35.4 Å². The lowest BCUT2D eigenvalue weighted by molar-refractivity contribution is -0.147. The van der Waals surface area contributed by atoms with Gasteiger partial charge < -0.3 is 14.9 Å². The molecule has 88 valence electrons. The molecule has 0 aliphatic heterocycles. The molecule has 5 heteroatoms. The number of carboxylic acids is 1. The lowest BCUT2D eigenvalue weighted by Gasteiger charge is -2.04. The summed E-state index contributed by atoms with van der Waals surface area (Å²) in [5, 5.41) is 17.3. The van der Waals surface area contributed by atoms with Gasteiger partial charge in [0.2, 0.25) is 0 Å². The molecule has 2 N–H and O–H groups in total. The number of aliphatic carboxylic acids is 1. The minimum Gasteiger partial charge on any atom is -0.479 e. The molecule has 0 saturated heterocycles. The SMILES string of the molecule is COC(=O)CCCCCC[C@@H](O)C(=O)O. The Bertz CT molecular complexity index is 202. The molecular weight excluding hydrogens is 200 g/mol. The first-order chi connectivity index (χ1) is 7.07. The van der Waals surface area contributed by atoms with Crippen molar-refractivity contribution >= 4 is 11.9 Å². The molecule has 15 heavy (non-hydrogen) atoms. The second-order valence-electron chi connectivity index (χ2n) is 3.38. The second kappa shape index (κ2) is 8.23. The number of aliphatic hydroxyl groups is 1. The van der Waals surface area contributed by atoms with Gasteiger partial charge in [-0.05, 0) is 12.8 Å². The number of carbonyl (C=O) groups excluding carboxylic acids is 1. The molecule has 0 aromatic rings. The van der Waals surface area contributed by atoms with Gasteiger partial charge in [-0.25, -0.2) is 4.79 Å². The zero-order valence-electron chi connectivity index (χ0n) is 8.94. The Balaban J connectivity index is 3.25. The minimum absolute atomic E-state index is 0.222. The first kappa shape index (κ1) is 13.9. The molecule has 0 bridgehead atoms. The van der Waals surface area contributed by atoms with Crippen LogP contribution in [0.15, 0.2) is 0 Å².